The van der Waals surface area contributed by atoms with E-state index in [0.717, 1.165) is 6.07 Å². The predicted molar refractivity (Wildman–Crippen MR) is 84.6 cm³/mol. The van der Waals surface area contributed by atoms with E-state index in [1.807, 2.05) is 0 Å². The summed E-state index contributed by atoms with van der Waals surface area (Å²) in [6, 6.07) is 7.48. The fourth-order valence-corrected chi connectivity index (χ4v) is 2.53. The molecule has 0 unspecified atom stereocenters. The summed E-state index contributed by atoms with van der Waals surface area (Å²) in [7, 11) is 0. The molecule has 0 aliphatic rings. The fourth-order valence-electron chi connectivity index (χ4n) is 2.53. The Hall–Kier alpha value is -3.67. The van der Waals surface area contributed by atoms with E-state index in [-0.39, 0.29) is 23.9 Å². The lowest BCUT2D eigenvalue weighted by Gasteiger charge is -2.05. The van der Waals surface area contributed by atoms with Gasteiger partial charge in [-0.2, -0.15) is 5.10 Å². The van der Waals surface area contributed by atoms with Gasteiger partial charge in [-0.15, -0.1) is 11.6 Å². The van der Waals surface area contributed by atoms with Gasteiger partial charge in [0.05, 0.1) is 11.9 Å². The number of fused-ring (bicyclic) bond motifs is 1. The molecule has 3 heterocycles. The van der Waals surface area contributed by atoms with E-state index in [1.165, 1.54) is 16.8 Å². The zero-order valence-corrected chi connectivity index (χ0v) is 12.6. The second-order valence-electron chi connectivity index (χ2n) is 5.19. The Balaban J connectivity index is 1.85. The minimum absolute atomic E-state index is 0.00277. The third-order valence-corrected chi connectivity index (χ3v) is 3.65. The number of pyridine rings is 1. The largest absolute Gasteiger partial charge is 0.395 e. The molecular weight excluding hydrogens is 328 g/mol. The molecular formula is C16H9F2N7. The Bertz CT molecular complexity index is 1120. The first kappa shape index (κ1) is 14.9. The maximum absolute atomic E-state index is 14.0. The fraction of sp³-hybridized carbons (Fsp3) is 0.0625. The van der Waals surface area contributed by atoms with Crippen LogP contribution >= 0.6 is 0 Å². The summed E-state index contributed by atoms with van der Waals surface area (Å²) in [4.78, 5) is 11.5. The van der Waals surface area contributed by atoms with Crippen LogP contribution in [-0.4, -0.2) is 29.9 Å². The lowest BCUT2D eigenvalue weighted by atomic mass is 10.2. The van der Waals surface area contributed by atoms with Crippen molar-refractivity contribution in [3.8, 4) is 11.5 Å². The van der Waals surface area contributed by atoms with Crippen LogP contribution in [0.15, 0.2) is 36.5 Å². The van der Waals surface area contributed by atoms with E-state index in [1.54, 1.807) is 18.3 Å². The molecule has 0 fully saturated rings. The van der Waals surface area contributed by atoms with Gasteiger partial charge in [0.2, 0.25) is 0 Å². The van der Waals surface area contributed by atoms with Crippen LogP contribution in [0.4, 0.5) is 14.7 Å². The van der Waals surface area contributed by atoms with Gasteiger partial charge in [-0.25, -0.2) is 23.5 Å². The van der Waals surface area contributed by atoms with Gasteiger partial charge < -0.3 is 4.85 Å². The van der Waals surface area contributed by atoms with E-state index in [9.17, 15) is 8.78 Å². The van der Waals surface area contributed by atoms with E-state index < -0.39 is 11.6 Å². The van der Waals surface area contributed by atoms with Crippen LogP contribution in [0.2, 0.25) is 0 Å². The van der Waals surface area contributed by atoms with Gasteiger partial charge in [0.15, 0.2) is 23.0 Å². The van der Waals surface area contributed by atoms with Crippen molar-refractivity contribution in [3.63, 3.8) is 0 Å². The molecule has 0 bridgehead atoms. The summed E-state index contributed by atoms with van der Waals surface area (Å²) in [5, 5.41) is 11.5. The van der Waals surface area contributed by atoms with Crippen molar-refractivity contribution in [1.29, 1.82) is 0 Å². The van der Waals surface area contributed by atoms with Crippen LogP contribution in [0.3, 0.4) is 0 Å². The quantitative estimate of drug-likeness (QED) is 0.583. The molecule has 7 nitrogen and oxygen atoms in total. The van der Waals surface area contributed by atoms with E-state index >= 15 is 0 Å². The maximum atomic E-state index is 14.0. The molecule has 0 atom stereocenters. The van der Waals surface area contributed by atoms with Crippen molar-refractivity contribution in [2.45, 2.75) is 6.54 Å². The van der Waals surface area contributed by atoms with Crippen LogP contribution in [0.25, 0.3) is 27.4 Å². The molecule has 0 saturated heterocycles. The zero-order valence-electron chi connectivity index (χ0n) is 12.6. The molecule has 0 aliphatic carbocycles. The average Bonchev–Trinajstić information content (AvgIpc) is 3.24. The second kappa shape index (κ2) is 5.76. The van der Waals surface area contributed by atoms with Gasteiger partial charge in [-0.05, 0) is 18.2 Å². The Morgan fingerprint density at radius 2 is 2.08 bits per heavy atom. The van der Waals surface area contributed by atoms with Crippen LogP contribution in [-0.2, 0) is 6.54 Å². The SMILES string of the molecule is [C-]#[N+]c1nc(-c2nn(Cc3cccc(F)c3F)c3ncccc23)n[nH]1. The number of H-pyrrole nitrogens is 1. The topological polar surface area (TPSA) is 76.6 Å². The summed E-state index contributed by atoms with van der Waals surface area (Å²) in [5.74, 6) is -1.56. The maximum Gasteiger partial charge on any atom is 0.357 e. The predicted octanol–water partition coefficient (Wildman–Crippen LogP) is 3.09. The molecule has 3 aromatic heterocycles. The molecule has 0 radical (unpaired) electrons. The molecule has 25 heavy (non-hydrogen) atoms. The minimum atomic E-state index is -0.920. The lowest BCUT2D eigenvalue weighted by Crippen LogP contribution is -2.05. The summed E-state index contributed by atoms with van der Waals surface area (Å²) in [5.41, 5.74) is 1.04. The Morgan fingerprint density at radius 1 is 1.20 bits per heavy atom. The molecule has 0 amide bonds. The number of halogens is 2. The van der Waals surface area contributed by atoms with Crippen LogP contribution in [0.5, 0.6) is 0 Å². The van der Waals surface area contributed by atoms with Crippen LogP contribution in [0, 0.1) is 18.2 Å². The summed E-state index contributed by atoms with van der Waals surface area (Å²) in [6.45, 7) is 6.95. The number of benzene rings is 1. The Labute approximate surface area is 139 Å². The van der Waals surface area contributed by atoms with Gasteiger partial charge in [0, 0.05) is 11.8 Å². The second-order valence-corrected chi connectivity index (χ2v) is 5.19. The average molecular weight is 337 g/mol. The highest BCUT2D eigenvalue weighted by atomic mass is 19.2. The molecule has 4 rings (SSSR count). The third-order valence-electron chi connectivity index (χ3n) is 3.65. The van der Waals surface area contributed by atoms with Crippen molar-refractivity contribution in [2.24, 2.45) is 0 Å². The highest BCUT2D eigenvalue weighted by Gasteiger charge is 2.20. The van der Waals surface area contributed by atoms with E-state index in [4.69, 9.17) is 6.57 Å². The Kier molecular flexibility index (Phi) is 3.43. The van der Waals surface area contributed by atoms with E-state index in [2.05, 4.69) is 30.1 Å². The number of aromatic nitrogens is 6. The highest BCUT2D eigenvalue weighted by Crippen LogP contribution is 2.26. The molecule has 122 valence electrons. The first-order chi connectivity index (χ1) is 12.2. The van der Waals surface area contributed by atoms with Crippen molar-refractivity contribution in [3.05, 3.63) is 65.1 Å². The minimum Gasteiger partial charge on any atom is -0.395 e. The van der Waals surface area contributed by atoms with Crippen LogP contribution in [0.1, 0.15) is 5.56 Å². The third kappa shape index (κ3) is 2.49. The zero-order chi connectivity index (χ0) is 17.4. The van der Waals surface area contributed by atoms with Crippen molar-refractivity contribution in [2.75, 3.05) is 0 Å². The number of hydrogen-bond donors (Lipinski definition) is 1. The van der Waals surface area contributed by atoms with Gasteiger partial charge >= 0.3 is 5.95 Å². The molecule has 1 N–H and O–H groups in total. The summed E-state index contributed by atoms with van der Waals surface area (Å²) in [6.07, 6.45) is 1.58. The molecule has 0 saturated carbocycles. The number of nitrogens with one attached hydrogen (secondary N) is 1. The molecule has 0 spiro atoms. The van der Waals surface area contributed by atoms with Gasteiger partial charge in [-0.1, -0.05) is 17.2 Å². The number of hydrogen-bond acceptors (Lipinski definition) is 4. The number of rotatable bonds is 3. The number of aromatic amines is 1. The van der Waals surface area contributed by atoms with Gasteiger partial charge in [-0.3, -0.25) is 0 Å². The standard InChI is InChI=1S/C16H9F2N7/c1-19-16-21-14(22-23-16)13-10-5-3-7-20-15(10)25(24-13)8-9-4-2-6-11(17)12(9)18/h2-7H,8H2,(H,21,22,23). The normalized spacial score (nSPS) is 10.9. The number of nitrogens with zero attached hydrogens (tertiary/aromatic N) is 6. The first-order valence-electron chi connectivity index (χ1n) is 7.22. The van der Waals surface area contributed by atoms with Crippen molar-refractivity contribution in [1.82, 2.24) is 29.9 Å². The van der Waals surface area contributed by atoms with Crippen molar-refractivity contribution >= 4 is 17.0 Å². The molecule has 0 aliphatic heterocycles. The smallest absolute Gasteiger partial charge is 0.357 e. The Morgan fingerprint density at radius 3 is 2.88 bits per heavy atom. The monoisotopic (exact) mass is 337 g/mol. The molecule has 4 aromatic rings. The molecule has 9 heteroatoms. The van der Waals surface area contributed by atoms with Crippen molar-refractivity contribution < 1.29 is 8.78 Å². The first-order valence-corrected chi connectivity index (χ1v) is 7.22. The van der Waals surface area contributed by atoms with Gasteiger partial charge in [0.25, 0.3) is 5.82 Å². The lowest BCUT2D eigenvalue weighted by molar-refractivity contribution is 0.493. The highest BCUT2D eigenvalue weighted by molar-refractivity contribution is 5.89. The summed E-state index contributed by atoms with van der Waals surface area (Å²) < 4.78 is 28.9. The van der Waals surface area contributed by atoms with Crippen LogP contribution < -0.4 is 0 Å². The van der Waals surface area contributed by atoms with E-state index in [0.29, 0.717) is 16.7 Å². The summed E-state index contributed by atoms with van der Waals surface area (Å²) >= 11 is 0. The molecule has 1 aromatic carbocycles. The van der Waals surface area contributed by atoms with Gasteiger partial charge in [0.1, 0.15) is 0 Å².